The average Bonchev–Trinajstić information content (AvgIpc) is 3.06. The molecule has 134 valence electrons. The van der Waals surface area contributed by atoms with E-state index in [9.17, 15) is 0 Å². The number of thioether (sulfide) groups is 1. The van der Waals surface area contributed by atoms with Crippen molar-refractivity contribution >= 4 is 35.0 Å². The minimum atomic E-state index is 0.362. The maximum absolute atomic E-state index is 6.15. The van der Waals surface area contributed by atoms with Gasteiger partial charge < -0.3 is 20.3 Å². The Balaban J connectivity index is 1.89. The van der Waals surface area contributed by atoms with Crippen LogP contribution < -0.4 is 20.3 Å². The highest BCUT2D eigenvalue weighted by atomic mass is 35.5. The van der Waals surface area contributed by atoms with Crippen molar-refractivity contribution < 1.29 is 4.74 Å². The first-order chi connectivity index (χ1) is 11.7. The normalized spacial score (nSPS) is 17.9. The van der Waals surface area contributed by atoms with Gasteiger partial charge in [-0.15, -0.1) is 0 Å². The van der Waals surface area contributed by atoms with Gasteiger partial charge in [0.05, 0.1) is 12.8 Å². The Bertz CT molecular complexity index is 555. The zero-order chi connectivity index (χ0) is 17.4. The Morgan fingerprint density at radius 3 is 3.04 bits per heavy atom. The molecule has 24 heavy (non-hydrogen) atoms. The molecule has 1 aliphatic heterocycles. The molecule has 0 radical (unpaired) electrons. The van der Waals surface area contributed by atoms with Gasteiger partial charge in [0.25, 0.3) is 0 Å². The molecule has 0 spiro atoms. The molecule has 0 aromatic heterocycles. The van der Waals surface area contributed by atoms with Crippen molar-refractivity contribution in [3.63, 3.8) is 0 Å². The lowest BCUT2D eigenvalue weighted by molar-refractivity contribution is 0.415. The second-order valence-electron chi connectivity index (χ2n) is 5.74. The SMILES string of the molecule is CN=C(NCCCSC)NC1CCN(c2cc(Cl)ccc2OC)C1. The lowest BCUT2D eigenvalue weighted by Gasteiger charge is -2.22. The van der Waals surface area contributed by atoms with Crippen molar-refractivity contribution in [2.75, 3.05) is 50.7 Å². The molecular weight excluding hydrogens is 344 g/mol. The predicted octanol–water partition coefficient (Wildman–Crippen LogP) is 2.85. The molecule has 1 saturated heterocycles. The third-order valence-electron chi connectivity index (χ3n) is 4.05. The van der Waals surface area contributed by atoms with Gasteiger partial charge in [-0.05, 0) is 43.0 Å². The first-order valence-corrected chi connectivity index (χ1v) is 9.99. The zero-order valence-corrected chi connectivity index (χ0v) is 16.2. The molecule has 5 nitrogen and oxygen atoms in total. The van der Waals surface area contributed by atoms with Crippen LogP contribution in [0, 0.1) is 0 Å². The molecule has 0 saturated carbocycles. The third-order valence-corrected chi connectivity index (χ3v) is 4.98. The Kier molecular flexibility index (Phi) is 7.85. The van der Waals surface area contributed by atoms with Crippen molar-refractivity contribution in [3.8, 4) is 5.75 Å². The summed E-state index contributed by atoms with van der Waals surface area (Å²) in [5.41, 5.74) is 1.05. The summed E-state index contributed by atoms with van der Waals surface area (Å²) in [4.78, 5) is 6.63. The number of benzene rings is 1. The van der Waals surface area contributed by atoms with E-state index in [1.54, 1.807) is 7.11 Å². The summed E-state index contributed by atoms with van der Waals surface area (Å²) in [5, 5.41) is 7.62. The van der Waals surface area contributed by atoms with Gasteiger partial charge in [-0.2, -0.15) is 11.8 Å². The lowest BCUT2D eigenvalue weighted by atomic mass is 10.2. The maximum atomic E-state index is 6.15. The number of methoxy groups -OCH3 is 1. The fourth-order valence-electron chi connectivity index (χ4n) is 2.82. The van der Waals surface area contributed by atoms with E-state index in [2.05, 4.69) is 26.8 Å². The van der Waals surface area contributed by atoms with Crippen LogP contribution in [0.5, 0.6) is 5.75 Å². The molecule has 0 aliphatic carbocycles. The summed E-state index contributed by atoms with van der Waals surface area (Å²) < 4.78 is 5.47. The number of ether oxygens (including phenoxy) is 1. The summed E-state index contributed by atoms with van der Waals surface area (Å²) >= 11 is 8.02. The van der Waals surface area contributed by atoms with Gasteiger partial charge in [0, 0.05) is 37.7 Å². The fourth-order valence-corrected chi connectivity index (χ4v) is 3.42. The van der Waals surface area contributed by atoms with Crippen LogP contribution in [0.3, 0.4) is 0 Å². The van der Waals surface area contributed by atoms with Crippen molar-refractivity contribution in [2.24, 2.45) is 4.99 Å². The van der Waals surface area contributed by atoms with Crippen LogP contribution in [0.25, 0.3) is 0 Å². The highest BCUT2D eigenvalue weighted by Gasteiger charge is 2.25. The molecular formula is C17H27ClN4OS. The Morgan fingerprint density at radius 2 is 2.33 bits per heavy atom. The van der Waals surface area contributed by atoms with E-state index in [0.29, 0.717) is 6.04 Å². The Labute approximate surface area is 154 Å². The second-order valence-corrected chi connectivity index (χ2v) is 7.16. The van der Waals surface area contributed by atoms with Gasteiger partial charge in [0.15, 0.2) is 5.96 Å². The summed E-state index contributed by atoms with van der Waals surface area (Å²) in [6, 6.07) is 6.11. The zero-order valence-electron chi connectivity index (χ0n) is 14.6. The summed E-state index contributed by atoms with van der Waals surface area (Å²) in [6.07, 6.45) is 4.32. The van der Waals surface area contributed by atoms with E-state index in [4.69, 9.17) is 16.3 Å². The number of guanidine groups is 1. The molecule has 1 fully saturated rings. The molecule has 1 aromatic carbocycles. The summed E-state index contributed by atoms with van der Waals surface area (Å²) in [6.45, 7) is 2.82. The number of aliphatic imine (C=N–C) groups is 1. The van der Waals surface area contributed by atoms with Crippen LogP contribution in [0.1, 0.15) is 12.8 Å². The van der Waals surface area contributed by atoms with Gasteiger partial charge in [0.1, 0.15) is 5.75 Å². The van der Waals surface area contributed by atoms with Crippen molar-refractivity contribution in [3.05, 3.63) is 23.2 Å². The Morgan fingerprint density at radius 1 is 1.50 bits per heavy atom. The van der Waals surface area contributed by atoms with E-state index < -0.39 is 0 Å². The average molecular weight is 371 g/mol. The standard InChI is InChI=1S/C17H27ClN4OS/c1-19-17(20-8-4-10-24-3)21-14-7-9-22(12-14)15-11-13(18)5-6-16(15)23-2/h5-6,11,14H,4,7-10,12H2,1-3H3,(H2,19,20,21). The molecule has 1 heterocycles. The van der Waals surface area contributed by atoms with Gasteiger partial charge in [-0.1, -0.05) is 11.6 Å². The predicted molar refractivity (Wildman–Crippen MR) is 106 cm³/mol. The van der Waals surface area contributed by atoms with Crippen molar-refractivity contribution in [1.29, 1.82) is 0 Å². The van der Waals surface area contributed by atoms with Gasteiger partial charge in [-0.3, -0.25) is 4.99 Å². The molecule has 1 aromatic rings. The smallest absolute Gasteiger partial charge is 0.191 e. The molecule has 1 aliphatic rings. The molecule has 2 rings (SSSR count). The first-order valence-electron chi connectivity index (χ1n) is 8.22. The van der Waals surface area contributed by atoms with Crippen molar-refractivity contribution in [1.82, 2.24) is 10.6 Å². The molecule has 7 heteroatoms. The van der Waals surface area contributed by atoms with Gasteiger partial charge >= 0.3 is 0 Å². The highest BCUT2D eigenvalue weighted by Crippen LogP contribution is 2.33. The second kappa shape index (κ2) is 9.89. The topological polar surface area (TPSA) is 48.9 Å². The lowest BCUT2D eigenvalue weighted by Crippen LogP contribution is -2.45. The quantitative estimate of drug-likeness (QED) is 0.439. The van der Waals surface area contributed by atoms with Crippen molar-refractivity contribution in [2.45, 2.75) is 18.9 Å². The number of rotatable bonds is 7. The largest absolute Gasteiger partial charge is 0.495 e. The molecule has 2 N–H and O–H groups in total. The number of hydrogen-bond donors (Lipinski definition) is 2. The van der Waals surface area contributed by atoms with Crippen LogP contribution in [-0.4, -0.2) is 57.8 Å². The summed E-state index contributed by atoms with van der Waals surface area (Å²) in [7, 11) is 3.51. The number of hydrogen-bond acceptors (Lipinski definition) is 4. The first kappa shape index (κ1) is 19.1. The van der Waals surface area contributed by atoms with Crippen LogP contribution in [-0.2, 0) is 0 Å². The molecule has 1 atom stereocenters. The number of nitrogens with one attached hydrogen (secondary N) is 2. The van der Waals surface area contributed by atoms with Crippen LogP contribution in [0.15, 0.2) is 23.2 Å². The molecule has 1 unspecified atom stereocenters. The van der Waals surface area contributed by atoms with E-state index >= 15 is 0 Å². The van der Waals surface area contributed by atoms with E-state index in [1.807, 2.05) is 37.0 Å². The third kappa shape index (κ3) is 5.38. The van der Waals surface area contributed by atoms with Gasteiger partial charge in [-0.25, -0.2) is 0 Å². The van der Waals surface area contributed by atoms with Crippen LogP contribution in [0.2, 0.25) is 5.02 Å². The Hall–Kier alpha value is -1.27. The van der Waals surface area contributed by atoms with Gasteiger partial charge in [0.2, 0.25) is 0 Å². The maximum Gasteiger partial charge on any atom is 0.191 e. The summed E-state index contributed by atoms with van der Waals surface area (Å²) in [5.74, 6) is 2.90. The number of halogens is 1. The van der Waals surface area contributed by atoms with E-state index in [0.717, 1.165) is 60.6 Å². The molecule has 0 bridgehead atoms. The van der Waals surface area contributed by atoms with E-state index in [1.165, 1.54) is 0 Å². The minimum absolute atomic E-state index is 0.362. The molecule has 0 amide bonds. The fraction of sp³-hybridized carbons (Fsp3) is 0.588. The van der Waals surface area contributed by atoms with Crippen LogP contribution >= 0.6 is 23.4 Å². The minimum Gasteiger partial charge on any atom is -0.495 e. The number of nitrogens with zero attached hydrogens (tertiary/aromatic N) is 2. The highest BCUT2D eigenvalue weighted by molar-refractivity contribution is 7.98. The van der Waals surface area contributed by atoms with E-state index in [-0.39, 0.29) is 0 Å². The van der Waals surface area contributed by atoms with Crippen LogP contribution in [0.4, 0.5) is 5.69 Å². The monoisotopic (exact) mass is 370 g/mol. The number of anilines is 1.